The van der Waals surface area contributed by atoms with Gasteiger partial charge < -0.3 is 9.88 Å². The zero-order chi connectivity index (χ0) is 27.0. The number of carbonyl (C=O) groups excluding carboxylic acids is 2. The Morgan fingerprint density at radius 3 is 2.53 bits per heavy atom. The quantitative estimate of drug-likeness (QED) is 0.174. The van der Waals surface area contributed by atoms with Crippen LogP contribution in [-0.2, 0) is 11.3 Å². The lowest BCUT2D eigenvalue weighted by Crippen LogP contribution is -2.46. The Morgan fingerprint density at radius 2 is 1.76 bits per heavy atom. The monoisotopic (exact) mass is 620 g/mol. The van der Waals surface area contributed by atoms with Crippen molar-refractivity contribution in [3.63, 3.8) is 0 Å². The van der Waals surface area contributed by atoms with Gasteiger partial charge in [-0.05, 0) is 60.3 Å². The molecular weight excluding hydrogens is 606 g/mol. The predicted molar refractivity (Wildman–Crippen MR) is 161 cm³/mol. The number of benzene rings is 3. The van der Waals surface area contributed by atoms with Crippen LogP contribution >= 0.6 is 70.4 Å². The van der Waals surface area contributed by atoms with Gasteiger partial charge in [0.15, 0.2) is 4.32 Å². The van der Waals surface area contributed by atoms with Crippen LogP contribution in [-0.4, -0.2) is 25.8 Å². The summed E-state index contributed by atoms with van der Waals surface area (Å²) < 4.78 is 2.25. The molecule has 5 rings (SSSR count). The summed E-state index contributed by atoms with van der Waals surface area (Å²) in [7, 11) is 0. The normalized spacial score (nSPS) is 14.5. The molecule has 3 amide bonds. The molecule has 0 bridgehead atoms. The number of fused-ring (bicyclic) bond motifs is 1. The van der Waals surface area contributed by atoms with E-state index in [4.69, 9.17) is 58.6 Å². The molecule has 0 unspecified atom stereocenters. The molecule has 38 heavy (non-hydrogen) atoms. The number of aromatic nitrogens is 1. The van der Waals surface area contributed by atoms with Gasteiger partial charge >= 0.3 is 6.03 Å². The Hall–Kier alpha value is -2.72. The highest BCUT2D eigenvalue weighted by Gasteiger charge is 2.34. The van der Waals surface area contributed by atoms with Gasteiger partial charge in [0.1, 0.15) is 0 Å². The number of rotatable bonds is 5. The highest BCUT2D eigenvalue weighted by Crippen LogP contribution is 2.34. The first-order valence-electron chi connectivity index (χ1n) is 11.0. The number of carbonyl (C=O) groups is 2. The fourth-order valence-corrected chi connectivity index (χ4v) is 5.83. The fraction of sp³-hybridized carbons (Fsp3) is 0.0385. The summed E-state index contributed by atoms with van der Waals surface area (Å²) in [5.74, 6) is -0.443. The first-order chi connectivity index (χ1) is 18.2. The van der Waals surface area contributed by atoms with E-state index < -0.39 is 11.9 Å². The number of hydrogen-bond acceptors (Lipinski definition) is 4. The van der Waals surface area contributed by atoms with E-state index in [0.29, 0.717) is 32.2 Å². The van der Waals surface area contributed by atoms with Gasteiger partial charge in [-0.1, -0.05) is 82.4 Å². The first kappa shape index (κ1) is 26.9. The average molecular weight is 622 g/mol. The Labute approximate surface area is 247 Å². The van der Waals surface area contributed by atoms with Gasteiger partial charge in [0.25, 0.3) is 5.91 Å². The highest BCUT2D eigenvalue weighted by molar-refractivity contribution is 8.26. The number of thioether (sulfide) groups is 1. The van der Waals surface area contributed by atoms with Crippen LogP contribution in [0.3, 0.4) is 0 Å². The number of urea groups is 1. The van der Waals surface area contributed by atoms with Crippen LogP contribution < -0.4 is 10.7 Å². The third kappa shape index (κ3) is 5.66. The van der Waals surface area contributed by atoms with E-state index in [1.54, 1.807) is 30.3 Å². The van der Waals surface area contributed by atoms with E-state index in [-0.39, 0.29) is 9.34 Å². The van der Waals surface area contributed by atoms with Crippen LogP contribution in [0, 0.1) is 0 Å². The van der Waals surface area contributed by atoms with Crippen LogP contribution in [0.1, 0.15) is 11.1 Å². The molecular formula is C26H16Cl4N4O2S2. The van der Waals surface area contributed by atoms with Crippen molar-refractivity contribution in [2.75, 3.05) is 5.32 Å². The van der Waals surface area contributed by atoms with E-state index in [0.717, 1.165) is 38.8 Å². The van der Waals surface area contributed by atoms with Crippen molar-refractivity contribution >= 4 is 109 Å². The highest BCUT2D eigenvalue weighted by atomic mass is 35.5. The molecule has 0 saturated carbocycles. The fourth-order valence-electron chi connectivity index (χ4n) is 3.89. The smallest absolute Gasteiger partial charge is 0.338 e. The number of thiocarbonyl (C=S) groups is 1. The zero-order valence-corrected chi connectivity index (χ0v) is 23.8. The maximum Gasteiger partial charge on any atom is 0.338 e. The summed E-state index contributed by atoms with van der Waals surface area (Å²) >= 11 is 30.8. The second-order valence-electron chi connectivity index (χ2n) is 8.18. The summed E-state index contributed by atoms with van der Waals surface area (Å²) in [6.07, 6.45) is 3.71. The number of anilines is 1. The second kappa shape index (κ2) is 11.2. The van der Waals surface area contributed by atoms with Gasteiger partial charge in [-0.3, -0.25) is 4.79 Å². The molecule has 12 heteroatoms. The molecule has 2 N–H and O–H groups in total. The molecule has 6 nitrogen and oxygen atoms in total. The molecule has 4 aromatic rings. The van der Waals surface area contributed by atoms with Gasteiger partial charge in [0, 0.05) is 44.9 Å². The minimum atomic E-state index is -0.655. The van der Waals surface area contributed by atoms with Crippen LogP contribution in [0.5, 0.6) is 0 Å². The van der Waals surface area contributed by atoms with E-state index in [1.165, 1.54) is 6.07 Å². The number of hydrazine groups is 1. The lowest BCUT2D eigenvalue weighted by molar-refractivity contribution is -0.123. The standard InChI is InChI=1S/C26H16Cl4N4O2S2/c27-16-6-5-14(20(29)10-16)12-33-13-15(18-3-1-2-4-22(18)33)9-23-24(35)34(26(37)38-23)32-25(36)31-17-7-8-19(28)21(30)11-17/h1-11,13H,12H2,(H2,31,32,36)/b23-9+. The van der Waals surface area contributed by atoms with Gasteiger partial charge in [0.05, 0.1) is 15.0 Å². The Balaban J connectivity index is 1.37. The summed E-state index contributed by atoms with van der Waals surface area (Å²) in [6.45, 7) is 0.516. The number of amides is 3. The Kier molecular flexibility index (Phi) is 7.90. The van der Waals surface area contributed by atoms with Crippen molar-refractivity contribution in [2.24, 2.45) is 0 Å². The molecule has 1 fully saturated rings. The SMILES string of the molecule is O=C(Nc1ccc(Cl)c(Cl)c1)NN1C(=O)/C(=C\c2cn(Cc3ccc(Cl)cc3Cl)c3ccccc23)SC1=S. The third-order valence-electron chi connectivity index (χ3n) is 5.65. The first-order valence-corrected chi connectivity index (χ1v) is 13.8. The van der Waals surface area contributed by atoms with Gasteiger partial charge in [-0.15, -0.1) is 0 Å². The van der Waals surface area contributed by atoms with Crippen molar-refractivity contribution in [3.8, 4) is 0 Å². The second-order valence-corrected chi connectivity index (χ2v) is 11.5. The minimum absolute atomic E-state index is 0.197. The summed E-state index contributed by atoms with van der Waals surface area (Å²) in [5, 5.41) is 6.37. The molecule has 1 aromatic heterocycles. The van der Waals surface area contributed by atoms with Crippen molar-refractivity contribution in [3.05, 3.63) is 103 Å². The number of nitrogens with one attached hydrogen (secondary N) is 2. The molecule has 192 valence electrons. The van der Waals surface area contributed by atoms with E-state index >= 15 is 0 Å². The molecule has 1 aliphatic heterocycles. The third-order valence-corrected chi connectivity index (χ3v) is 8.27. The zero-order valence-electron chi connectivity index (χ0n) is 19.2. The van der Waals surface area contributed by atoms with Gasteiger partial charge in [-0.2, -0.15) is 5.01 Å². The van der Waals surface area contributed by atoms with Crippen molar-refractivity contribution in [1.82, 2.24) is 15.0 Å². The van der Waals surface area contributed by atoms with Gasteiger partial charge in [-0.25, -0.2) is 10.2 Å². The van der Waals surface area contributed by atoms with Crippen LogP contribution in [0.25, 0.3) is 17.0 Å². The average Bonchev–Trinajstić information content (AvgIpc) is 3.35. The number of hydrogen-bond donors (Lipinski definition) is 2. The van der Waals surface area contributed by atoms with Crippen molar-refractivity contribution < 1.29 is 9.59 Å². The Bertz CT molecular complexity index is 1650. The molecule has 2 heterocycles. The van der Waals surface area contributed by atoms with E-state index in [1.807, 2.05) is 36.5 Å². The largest absolute Gasteiger partial charge is 0.342 e. The lowest BCUT2D eigenvalue weighted by Gasteiger charge is -2.16. The van der Waals surface area contributed by atoms with E-state index in [9.17, 15) is 9.59 Å². The lowest BCUT2D eigenvalue weighted by atomic mass is 10.1. The van der Waals surface area contributed by atoms with Gasteiger partial charge in [0.2, 0.25) is 0 Å². The molecule has 0 atom stereocenters. The molecule has 0 radical (unpaired) electrons. The molecule has 0 spiro atoms. The van der Waals surface area contributed by atoms with Crippen LogP contribution in [0.15, 0.2) is 71.8 Å². The molecule has 1 saturated heterocycles. The molecule has 3 aromatic carbocycles. The molecule has 0 aliphatic carbocycles. The predicted octanol–water partition coefficient (Wildman–Crippen LogP) is 8.24. The summed E-state index contributed by atoms with van der Waals surface area (Å²) in [6, 6.07) is 17.2. The van der Waals surface area contributed by atoms with Crippen LogP contribution in [0.2, 0.25) is 20.1 Å². The Morgan fingerprint density at radius 1 is 0.974 bits per heavy atom. The van der Waals surface area contributed by atoms with E-state index in [2.05, 4.69) is 15.3 Å². The maximum atomic E-state index is 13.1. The minimum Gasteiger partial charge on any atom is -0.342 e. The number of nitrogens with zero attached hydrogens (tertiary/aromatic N) is 2. The summed E-state index contributed by atoms with van der Waals surface area (Å²) in [5.41, 5.74) is 5.60. The maximum absolute atomic E-state index is 13.1. The van der Waals surface area contributed by atoms with Crippen molar-refractivity contribution in [1.29, 1.82) is 0 Å². The summed E-state index contributed by atoms with van der Waals surface area (Å²) in [4.78, 5) is 26.0. The van der Waals surface area contributed by atoms with Crippen LogP contribution in [0.4, 0.5) is 10.5 Å². The number of halogens is 4. The van der Waals surface area contributed by atoms with Crippen molar-refractivity contribution in [2.45, 2.75) is 6.54 Å². The topological polar surface area (TPSA) is 66.4 Å². The number of para-hydroxylation sites is 1. The molecule has 1 aliphatic rings.